The van der Waals surface area contributed by atoms with Gasteiger partial charge >= 0.3 is 0 Å². The highest BCUT2D eigenvalue weighted by atomic mass is 16.5. The van der Waals surface area contributed by atoms with Crippen molar-refractivity contribution in [1.29, 1.82) is 0 Å². The molecule has 0 aromatic carbocycles. The van der Waals surface area contributed by atoms with E-state index >= 15 is 0 Å². The van der Waals surface area contributed by atoms with Gasteiger partial charge in [-0.15, -0.1) is 0 Å². The summed E-state index contributed by atoms with van der Waals surface area (Å²) in [5.74, 6) is 6.46. The lowest BCUT2D eigenvalue weighted by atomic mass is 9.77. The topological polar surface area (TPSA) is 62.9 Å². The van der Waals surface area contributed by atoms with Crippen LogP contribution in [0.5, 0.6) is 0 Å². The number of ether oxygens (including phenoxy) is 1. The minimum absolute atomic E-state index is 0.645. The first-order valence-corrected chi connectivity index (χ1v) is 7.55. The third kappa shape index (κ3) is 3.83. The molecule has 5 heteroatoms. The van der Waals surface area contributed by atoms with Crippen molar-refractivity contribution in [2.75, 3.05) is 33.4 Å². The molecule has 0 atom stereocenters. The number of methoxy groups -OCH3 is 1. The summed E-state index contributed by atoms with van der Waals surface area (Å²) in [5.41, 5.74) is 3.41. The number of piperidine rings is 1. The maximum Gasteiger partial charge on any atom is 0.208 e. The molecule has 2 fully saturated rings. The molecule has 1 saturated heterocycles. The highest BCUT2D eigenvalue weighted by molar-refractivity contribution is 5.79. The number of hydrazine groups is 1. The monoisotopic (exact) mass is 268 g/mol. The van der Waals surface area contributed by atoms with E-state index in [1.807, 2.05) is 0 Å². The maximum absolute atomic E-state index is 5.61. The van der Waals surface area contributed by atoms with Crippen molar-refractivity contribution in [1.82, 2.24) is 10.3 Å². The third-order valence-electron chi connectivity index (χ3n) is 4.69. The Balaban J connectivity index is 1.80. The number of likely N-dealkylation sites (tertiary alicyclic amines) is 1. The number of aliphatic imine (C=N–C) groups is 1. The predicted octanol–water partition coefficient (Wildman–Crippen LogP) is 1.50. The molecule has 1 aliphatic heterocycles. The van der Waals surface area contributed by atoms with Gasteiger partial charge in [0.15, 0.2) is 0 Å². The van der Waals surface area contributed by atoms with Crippen LogP contribution in [-0.4, -0.2) is 44.2 Å². The fourth-order valence-electron chi connectivity index (χ4n) is 3.45. The molecule has 0 aromatic rings. The van der Waals surface area contributed by atoms with Crippen molar-refractivity contribution < 1.29 is 4.74 Å². The highest BCUT2D eigenvalue weighted by Gasteiger charge is 2.37. The van der Waals surface area contributed by atoms with Gasteiger partial charge in [0.2, 0.25) is 5.96 Å². The minimum atomic E-state index is 0.645. The molecule has 1 saturated carbocycles. The zero-order valence-electron chi connectivity index (χ0n) is 12.2. The summed E-state index contributed by atoms with van der Waals surface area (Å²) < 4.78 is 5.03. The van der Waals surface area contributed by atoms with Crippen molar-refractivity contribution in [3.63, 3.8) is 0 Å². The van der Waals surface area contributed by atoms with E-state index in [0.29, 0.717) is 5.41 Å². The van der Waals surface area contributed by atoms with E-state index in [4.69, 9.17) is 10.6 Å². The molecule has 0 radical (unpaired) electrons. The second-order valence-corrected chi connectivity index (χ2v) is 5.89. The van der Waals surface area contributed by atoms with Crippen LogP contribution in [0.1, 0.15) is 44.9 Å². The van der Waals surface area contributed by atoms with E-state index in [1.165, 1.54) is 38.5 Å². The standard InChI is InChI=1S/C14H28N4O/c1-19-12-4-9-16-13(17-15)18-10-7-14(8-11-18)5-2-3-6-14/h2-12,15H2,1H3,(H,16,17). The molecule has 0 unspecified atom stereocenters. The number of nitrogens with two attached hydrogens (primary N) is 1. The first-order chi connectivity index (χ1) is 9.29. The number of guanidine groups is 1. The van der Waals surface area contributed by atoms with Crippen LogP contribution in [0, 0.1) is 5.41 Å². The fourth-order valence-corrected chi connectivity index (χ4v) is 3.45. The summed E-state index contributed by atoms with van der Waals surface area (Å²) >= 11 is 0. The normalized spacial score (nSPS) is 23.1. The van der Waals surface area contributed by atoms with E-state index < -0.39 is 0 Å². The second-order valence-electron chi connectivity index (χ2n) is 5.89. The minimum Gasteiger partial charge on any atom is -0.385 e. The molecule has 1 aliphatic carbocycles. The first kappa shape index (κ1) is 14.6. The average molecular weight is 268 g/mol. The molecule has 1 heterocycles. The van der Waals surface area contributed by atoms with Crippen molar-refractivity contribution in [3.05, 3.63) is 0 Å². The van der Waals surface area contributed by atoms with Crippen LogP contribution in [-0.2, 0) is 4.74 Å². The van der Waals surface area contributed by atoms with Gasteiger partial charge in [-0.05, 0) is 37.5 Å². The fraction of sp³-hybridized carbons (Fsp3) is 0.929. The maximum atomic E-state index is 5.61. The van der Waals surface area contributed by atoms with Gasteiger partial charge in [-0.3, -0.25) is 10.4 Å². The van der Waals surface area contributed by atoms with Gasteiger partial charge in [-0.25, -0.2) is 5.84 Å². The lowest BCUT2D eigenvalue weighted by Crippen LogP contribution is -2.50. The first-order valence-electron chi connectivity index (χ1n) is 7.55. The number of hydrogen-bond acceptors (Lipinski definition) is 3. The van der Waals surface area contributed by atoms with Crippen molar-refractivity contribution >= 4 is 5.96 Å². The molecule has 2 aliphatic rings. The molecule has 0 aromatic heterocycles. The van der Waals surface area contributed by atoms with Crippen LogP contribution >= 0.6 is 0 Å². The van der Waals surface area contributed by atoms with Crippen molar-refractivity contribution in [3.8, 4) is 0 Å². The van der Waals surface area contributed by atoms with E-state index in [9.17, 15) is 0 Å². The summed E-state index contributed by atoms with van der Waals surface area (Å²) in [5, 5.41) is 0. The Kier molecular flexibility index (Phi) is 5.45. The van der Waals surface area contributed by atoms with Crippen LogP contribution in [0.4, 0.5) is 0 Å². The van der Waals surface area contributed by atoms with Gasteiger partial charge in [-0.1, -0.05) is 12.8 Å². The molecule has 2 rings (SSSR count). The number of rotatable bonds is 4. The lowest BCUT2D eigenvalue weighted by Gasteiger charge is -2.40. The predicted molar refractivity (Wildman–Crippen MR) is 77.8 cm³/mol. The number of nitrogens with zero attached hydrogens (tertiary/aromatic N) is 2. The van der Waals surface area contributed by atoms with Gasteiger partial charge in [0.05, 0.1) is 0 Å². The second kappa shape index (κ2) is 7.10. The van der Waals surface area contributed by atoms with E-state index in [0.717, 1.165) is 38.6 Å². The lowest BCUT2D eigenvalue weighted by molar-refractivity contribution is 0.151. The Hall–Kier alpha value is -0.810. The van der Waals surface area contributed by atoms with Gasteiger partial charge < -0.3 is 9.64 Å². The van der Waals surface area contributed by atoms with E-state index in [1.54, 1.807) is 7.11 Å². The Bertz CT molecular complexity index is 290. The molecule has 0 bridgehead atoms. The van der Waals surface area contributed by atoms with E-state index in [2.05, 4.69) is 15.3 Å². The van der Waals surface area contributed by atoms with Gasteiger partial charge in [-0.2, -0.15) is 0 Å². The number of nitrogens with one attached hydrogen (secondary N) is 1. The number of hydrogen-bond donors (Lipinski definition) is 2. The largest absolute Gasteiger partial charge is 0.385 e. The van der Waals surface area contributed by atoms with E-state index in [-0.39, 0.29) is 0 Å². The molecular formula is C14H28N4O. The third-order valence-corrected chi connectivity index (χ3v) is 4.69. The molecular weight excluding hydrogens is 240 g/mol. The Morgan fingerprint density at radius 2 is 1.95 bits per heavy atom. The molecule has 1 spiro atoms. The van der Waals surface area contributed by atoms with Crippen molar-refractivity contribution in [2.24, 2.45) is 16.3 Å². The van der Waals surface area contributed by atoms with Gasteiger partial charge in [0, 0.05) is 33.4 Å². The summed E-state index contributed by atoms with van der Waals surface area (Å²) in [6, 6.07) is 0. The van der Waals surface area contributed by atoms with Crippen LogP contribution in [0.25, 0.3) is 0 Å². The van der Waals surface area contributed by atoms with Crippen LogP contribution in [0.2, 0.25) is 0 Å². The van der Waals surface area contributed by atoms with Crippen LogP contribution < -0.4 is 11.3 Å². The zero-order chi connectivity index (χ0) is 13.6. The summed E-state index contributed by atoms with van der Waals surface area (Å²) in [4.78, 5) is 6.85. The average Bonchev–Trinajstić information content (AvgIpc) is 2.89. The SMILES string of the molecule is COCCCN=C(NN)N1CCC2(CCCC2)CC1. The molecule has 5 nitrogen and oxygen atoms in total. The quantitative estimate of drug-likeness (QED) is 0.267. The van der Waals surface area contributed by atoms with Crippen LogP contribution in [0.15, 0.2) is 4.99 Å². The van der Waals surface area contributed by atoms with Gasteiger partial charge in [0.1, 0.15) is 0 Å². The Morgan fingerprint density at radius 3 is 2.53 bits per heavy atom. The summed E-state index contributed by atoms with van der Waals surface area (Å²) in [6.45, 7) is 3.71. The summed E-state index contributed by atoms with van der Waals surface area (Å²) in [7, 11) is 1.72. The molecule has 110 valence electrons. The Labute approximate surface area is 116 Å². The Morgan fingerprint density at radius 1 is 1.26 bits per heavy atom. The zero-order valence-corrected chi connectivity index (χ0v) is 12.2. The molecule has 3 N–H and O–H groups in total. The van der Waals surface area contributed by atoms with Crippen LogP contribution in [0.3, 0.4) is 0 Å². The van der Waals surface area contributed by atoms with Crippen molar-refractivity contribution in [2.45, 2.75) is 44.9 Å². The molecule has 19 heavy (non-hydrogen) atoms. The summed E-state index contributed by atoms with van der Waals surface area (Å²) in [6.07, 6.45) is 9.24. The van der Waals surface area contributed by atoms with Gasteiger partial charge in [0.25, 0.3) is 0 Å². The smallest absolute Gasteiger partial charge is 0.208 e. The highest BCUT2D eigenvalue weighted by Crippen LogP contribution is 2.45. The molecule has 0 amide bonds.